The second kappa shape index (κ2) is 4.79. The standard InChI is InChI=1S/C11H16ClN3/c1-2-3-8-15(9-4-5-9)11-7-6-10(12)13-14-11/h6-7,9H,2-5,8H2,1H3. The Balaban J connectivity index is 2.06. The van der Waals surface area contributed by atoms with Crippen molar-refractivity contribution < 1.29 is 0 Å². The Morgan fingerprint density at radius 1 is 1.40 bits per heavy atom. The van der Waals surface area contributed by atoms with Crippen LogP contribution in [0.3, 0.4) is 0 Å². The van der Waals surface area contributed by atoms with E-state index >= 15 is 0 Å². The maximum atomic E-state index is 5.72. The van der Waals surface area contributed by atoms with E-state index in [1.54, 1.807) is 0 Å². The van der Waals surface area contributed by atoms with Gasteiger partial charge in [0, 0.05) is 12.6 Å². The lowest BCUT2D eigenvalue weighted by Gasteiger charge is -2.22. The summed E-state index contributed by atoms with van der Waals surface area (Å²) >= 11 is 5.72. The van der Waals surface area contributed by atoms with Gasteiger partial charge in [0.05, 0.1) is 0 Å². The Morgan fingerprint density at radius 2 is 2.20 bits per heavy atom. The lowest BCUT2D eigenvalue weighted by atomic mass is 10.3. The molecule has 15 heavy (non-hydrogen) atoms. The smallest absolute Gasteiger partial charge is 0.151 e. The summed E-state index contributed by atoms with van der Waals surface area (Å²) < 4.78 is 0. The molecule has 1 fully saturated rings. The van der Waals surface area contributed by atoms with Gasteiger partial charge in [0.25, 0.3) is 0 Å². The zero-order valence-electron chi connectivity index (χ0n) is 8.99. The normalized spacial score (nSPS) is 15.3. The zero-order chi connectivity index (χ0) is 10.7. The summed E-state index contributed by atoms with van der Waals surface area (Å²) in [6, 6.07) is 4.46. The van der Waals surface area contributed by atoms with E-state index in [9.17, 15) is 0 Å². The molecule has 1 heterocycles. The van der Waals surface area contributed by atoms with Crippen LogP contribution in [0, 0.1) is 0 Å². The van der Waals surface area contributed by atoms with E-state index in [2.05, 4.69) is 22.0 Å². The molecular formula is C11H16ClN3. The number of unbranched alkanes of at least 4 members (excludes halogenated alkanes) is 1. The van der Waals surface area contributed by atoms with Crippen LogP contribution in [0.4, 0.5) is 5.82 Å². The van der Waals surface area contributed by atoms with Gasteiger partial charge in [0.2, 0.25) is 0 Å². The maximum absolute atomic E-state index is 5.72. The van der Waals surface area contributed by atoms with E-state index < -0.39 is 0 Å². The molecule has 0 bridgehead atoms. The lowest BCUT2D eigenvalue weighted by molar-refractivity contribution is 0.698. The van der Waals surface area contributed by atoms with Crippen LogP contribution < -0.4 is 4.90 Å². The third-order valence-corrected chi connectivity index (χ3v) is 2.85. The molecule has 0 amide bonds. The molecule has 0 saturated heterocycles. The fourth-order valence-electron chi connectivity index (χ4n) is 1.66. The van der Waals surface area contributed by atoms with Crippen molar-refractivity contribution in [1.82, 2.24) is 10.2 Å². The molecule has 0 atom stereocenters. The molecule has 1 aliphatic carbocycles. The van der Waals surface area contributed by atoms with Crippen molar-refractivity contribution >= 4 is 17.4 Å². The molecule has 1 aromatic heterocycles. The van der Waals surface area contributed by atoms with Gasteiger partial charge >= 0.3 is 0 Å². The predicted octanol–water partition coefficient (Wildman–Crippen LogP) is 2.90. The van der Waals surface area contributed by atoms with E-state index in [-0.39, 0.29) is 0 Å². The van der Waals surface area contributed by atoms with Crippen LogP contribution in [-0.4, -0.2) is 22.8 Å². The van der Waals surface area contributed by atoms with Crippen molar-refractivity contribution in [2.75, 3.05) is 11.4 Å². The summed E-state index contributed by atoms with van der Waals surface area (Å²) in [7, 11) is 0. The minimum atomic E-state index is 0.463. The van der Waals surface area contributed by atoms with Crippen LogP contribution in [0.25, 0.3) is 0 Å². The molecule has 1 saturated carbocycles. The van der Waals surface area contributed by atoms with Crippen molar-refractivity contribution in [2.24, 2.45) is 0 Å². The molecule has 0 radical (unpaired) electrons. The number of hydrogen-bond donors (Lipinski definition) is 0. The van der Waals surface area contributed by atoms with Crippen LogP contribution in [0.5, 0.6) is 0 Å². The third-order valence-electron chi connectivity index (χ3n) is 2.65. The first kappa shape index (κ1) is 10.7. The van der Waals surface area contributed by atoms with Crippen LogP contribution in [0.2, 0.25) is 5.15 Å². The molecule has 3 nitrogen and oxygen atoms in total. The van der Waals surface area contributed by atoms with Gasteiger partial charge in [-0.25, -0.2) is 0 Å². The highest BCUT2D eigenvalue weighted by atomic mass is 35.5. The Morgan fingerprint density at radius 3 is 2.73 bits per heavy atom. The maximum Gasteiger partial charge on any atom is 0.151 e. The largest absolute Gasteiger partial charge is 0.352 e. The molecule has 2 rings (SSSR count). The molecule has 0 spiro atoms. The van der Waals surface area contributed by atoms with Crippen molar-refractivity contribution in [2.45, 2.75) is 38.6 Å². The van der Waals surface area contributed by atoms with Gasteiger partial charge in [-0.05, 0) is 31.4 Å². The fraction of sp³-hybridized carbons (Fsp3) is 0.636. The molecule has 1 aromatic rings. The third kappa shape index (κ3) is 2.81. The number of halogens is 1. The van der Waals surface area contributed by atoms with E-state index in [1.165, 1.54) is 25.7 Å². The predicted molar refractivity (Wildman–Crippen MR) is 62.3 cm³/mol. The Bertz CT molecular complexity index is 308. The first-order valence-electron chi connectivity index (χ1n) is 5.57. The number of hydrogen-bond acceptors (Lipinski definition) is 3. The van der Waals surface area contributed by atoms with Crippen LogP contribution in [0.15, 0.2) is 12.1 Å². The molecule has 0 aliphatic heterocycles. The van der Waals surface area contributed by atoms with Crippen molar-refractivity contribution in [3.63, 3.8) is 0 Å². The summed E-state index contributed by atoms with van der Waals surface area (Å²) in [4.78, 5) is 2.35. The number of aromatic nitrogens is 2. The van der Waals surface area contributed by atoms with E-state index in [4.69, 9.17) is 11.6 Å². The highest BCUT2D eigenvalue weighted by molar-refractivity contribution is 6.29. The average Bonchev–Trinajstić information content (AvgIpc) is 3.05. The molecular weight excluding hydrogens is 210 g/mol. The van der Waals surface area contributed by atoms with Crippen molar-refractivity contribution in [3.05, 3.63) is 17.3 Å². The van der Waals surface area contributed by atoms with Gasteiger partial charge in [-0.15, -0.1) is 10.2 Å². The van der Waals surface area contributed by atoms with Gasteiger partial charge in [0.1, 0.15) is 0 Å². The monoisotopic (exact) mass is 225 g/mol. The zero-order valence-corrected chi connectivity index (χ0v) is 9.74. The molecule has 0 unspecified atom stereocenters. The molecule has 0 aromatic carbocycles. The molecule has 0 N–H and O–H groups in total. The van der Waals surface area contributed by atoms with Crippen molar-refractivity contribution in [3.8, 4) is 0 Å². The van der Waals surface area contributed by atoms with Crippen LogP contribution >= 0.6 is 11.6 Å². The SMILES string of the molecule is CCCCN(c1ccc(Cl)nn1)C1CC1. The minimum Gasteiger partial charge on any atom is -0.352 e. The first-order chi connectivity index (χ1) is 7.31. The van der Waals surface area contributed by atoms with Gasteiger partial charge in [-0.2, -0.15) is 0 Å². The summed E-state index contributed by atoms with van der Waals surface area (Å²) in [6.45, 7) is 3.29. The summed E-state index contributed by atoms with van der Waals surface area (Å²) in [5.41, 5.74) is 0. The van der Waals surface area contributed by atoms with E-state index in [0.29, 0.717) is 11.2 Å². The van der Waals surface area contributed by atoms with Gasteiger partial charge in [-0.3, -0.25) is 0 Å². The quantitative estimate of drug-likeness (QED) is 0.772. The molecule has 1 aliphatic rings. The Kier molecular flexibility index (Phi) is 3.41. The van der Waals surface area contributed by atoms with Gasteiger partial charge < -0.3 is 4.90 Å². The highest BCUT2D eigenvalue weighted by Crippen LogP contribution is 2.30. The molecule has 82 valence electrons. The first-order valence-corrected chi connectivity index (χ1v) is 5.95. The average molecular weight is 226 g/mol. The van der Waals surface area contributed by atoms with E-state index in [1.807, 2.05) is 12.1 Å². The van der Waals surface area contributed by atoms with Gasteiger partial charge in [0.15, 0.2) is 11.0 Å². The highest BCUT2D eigenvalue weighted by Gasteiger charge is 2.29. The minimum absolute atomic E-state index is 0.463. The summed E-state index contributed by atoms with van der Waals surface area (Å²) in [6.07, 6.45) is 4.99. The second-order valence-corrected chi connectivity index (χ2v) is 4.38. The van der Waals surface area contributed by atoms with E-state index in [0.717, 1.165) is 12.4 Å². The van der Waals surface area contributed by atoms with Crippen LogP contribution in [-0.2, 0) is 0 Å². The summed E-state index contributed by atoms with van der Waals surface area (Å²) in [5.74, 6) is 0.968. The fourth-order valence-corrected chi connectivity index (χ4v) is 1.76. The number of nitrogens with zero attached hydrogens (tertiary/aromatic N) is 3. The van der Waals surface area contributed by atoms with Crippen molar-refractivity contribution in [1.29, 1.82) is 0 Å². The van der Waals surface area contributed by atoms with Crippen LogP contribution in [0.1, 0.15) is 32.6 Å². The summed E-state index contributed by atoms with van der Waals surface area (Å²) in [5, 5.41) is 8.49. The number of anilines is 1. The Hall–Kier alpha value is -0.830. The molecule has 4 heteroatoms. The Labute approximate surface area is 95.5 Å². The topological polar surface area (TPSA) is 29.0 Å². The second-order valence-electron chi connectivity index (χ2n) is 3.99. The van der Waals surface area contributed by atoms with Gasteiger partial charge in [-0.1, -0.05) is 24.9 Å². The number of rotatable bonds is 5. The lowest BCUT2D eigenvalue weighted by Crippen LogP contribution is -2.27.